The number of aliphatic hydroxyl groups excluding tert-OH is 1. The Kier molecular flexibility index (Phi) is 11.5. The van der Waals surface area contributed by atoms with Crippen molar-refractivity contribution in [3.63, 3.8) is 0 Å². The van der Waals surface area contributed by atoms with Crippen molar-refractivity contribution >= 4 is 6.40 Å². The Morgan fingerprint density at radius 2 is 2.00 bits per heavy atom. The molecule has 0 aliphatic carbocycles. The number of aliphatic imine (C=N–C) groups is 1. The van der Waals surface area contributed by atoms with Gasteiger partial charge in [-0.2, -0.15) is 4.89 Å². The van der Waals surface area contributed by atoms with Gasteiger partial charge in [0.25, 0.3) is 0 Å². The standard InChI is InChI=1S/C15H23NO3.V/c1-3-4-9-18-19-12-16-15(11-17)10-14-7-5-13(2)6-8-14;/h5-8,12,15,17H,3-4,9-11H2,1-2H3;. The predicted octanol–water partition coefficient (Wildman–Crippen LogP) is 2.67. The Morgan fingerprint density at radius 3 is 2.60 bits per heavy atom. The molecule has 0 saturated heterocycles. The van der Waals surface area contributed by atoms with Crippen molar-refractivity contribution in [2.45, 2.75) is 39.2 Å². The van der Waals surface area contributed by atoms with Crippen molar-refractivity contribution in [2.24, 2.45) is 4.99 Å². The van der Waals surface area contributed by atoms with Crippen LogP contribution in [-0.4, -0.2) is 30.8 Å². The van der Waals surface area contributed by atoms with Crippen molar-refractivity contribution in [1.29, 1.82) is 0 Å². The summed E-state index contributed by atoms with van der Waals surface area (Å²) in [4.78, 5) is 13.9. The van der Waals surface area contributed by atoms with Crippen LogP contribution in [0.1, 0.15) is 30.9 Å². The molecule has 1 atom stereocenters. The van der Waals surface area contributed by atoms with Gasteiger partial charge in [-0.05, 0) is 25.3 Å². The molecule has 0 spiro atoms. The second-order valence-corrected chi connectivity index (χ2v) is 4.55. The average Bonchev–Trinajstić information content (AvgIpc) is 2.43. The van der Waals surface area contributed by atoms with Gasteiger partial charge < -0.3 is 9.99 Å². The van der Waals surface area contributed by atoms with E-state index in [0.717, 1.165) is 18.4 Å². The van der Waals surface area contributed by atoms with Gasteiger partial charge in [-0.3, -0.25) is 0 Å². The normalized spacial score (nSPS) is 12.2. The number of aryl methyl sites for hydroxylation is 1. The third-order valence-electron chi connectivity index (χ3n) is 2.77. The third kappa shape index (κ3) is 8.38. The molecule has 1 aromatic rings. The maximum absolute atomic E-state index is 9.27. The van der Waals surface area contributed by atoms with Gasteiger partial charge in [0.2, 0.25) is 6.40 Å². The number of nitrogens with zero attached hydrogens (tertiary/aromatic N) is 1. The number of aliphatic hydroxyl groups is 1. The largest absolute Gasteiger partial charge is 0.394 e. The second-order valence-electron chi connectivity index (χ2n) is 4.55. The summed E-state index contributed by atoms with van der Waals surface area (Å²) in [6, 6.07) is 8.01. The Labute approximate surface area is 133 Å². The average molecular weight is 316 g/mol. The van der Waals surface area contributed by atoms with Crippen LogP contribution in [0, 0.1) is 6.92 Å². The first kappa shape index (κ1) is 19.2. The van der Waals surface area contributed by atoms with Crippen molar-refractivity contribution < 1.29 is 33.4 Å². The van der Waals surface area contributed by atoms with E-state index in [4.69, 9.17) is 9.78 Å². The molecule has 20 heavy (non-hydrogen) atoms. The molecule has 1 radical (unpaired) electrons. The van der Waals surface area contributed by atoms with Crippen LogP contribution in [0.5, 0.6) is 0 Å². The van der Waals surface area contributed by atoms with Gasteiger partial charge in [0, 0.05) is 18.6 Å². The van der Waals surface area contributed by atoms with E-state index in [2.05, 4.69) is 24.0 Å². The van der Waals surface area contributed by atoms with Gasteiger partial charge in [-0.15, -0.1) is 0 Å². The van der Waals surface area contributed by atoms with E-state index in [0.29, 0.717) is 13.0 Å². The summed E-state index contributed by atoms with van der Waals surface area (Å²) in [5.74, 6) is 0. The van der Waals surface area contributed by atoms with E-state index in [1.165, 1.54) is 12.0 Å². The number of unbranched alkanes of at least 4 members (excludes halogenated alkanes) is 1. The zero-order valence-electron chi connectivity index (χ0n) is 12.2. The Morgan fingerprint density at radius 1 is 1.30 bits per heavy atom. The molecule has 0 bridgehead atoms. The maximum atomic E-state index is 9.27. The molecular formula is C15H23NO3V. The molecule has 0 heterocycles. The number of hydrogen-bond donors (Lipinski definition) is 1. The van der Waals surface area contributed by atoms with Crippen LogP contribution in [0.2, 0.25) is 0 Å². The van der Waals surface area contributed by atoms with E-state index >= 15 is 0 Å². The zero-order chi connectivity index (χ0) is 13.9. The molecular weight excluding hydrogens is 293 g/mol. The minimum absolute atomic E-state index is 0. The summed E-state index contributed by atoms with van der Waals surface area (Å²) in [6.07, 6.45) is 3.98. The Hall–Kier alpha value is -0.806. The van der Waals surface area contributed by atoms with Crippen LogP contribution in [0.25, 0.3) is 0 Å². The van der Waals surface area contributed by atoms with Gasteiger partial charge in [0.1, 0.15) is 0 Å². The fourth-order valence-corrected chi connectivity index (χ4v) is 1.55. The molecule has 0 fully saturated rings. The molecule has 4 nitrogen and oxygen atoms in total. The van der Waals surface area contributed by atoms with Crippen LogP contribution in [0.15, 0.2) is 29.3 Å². The third-order valence-corrected chi connectivity index (χ3v) is 2.77. The summed E-state index contributed by atoms with van der Waals surface area (Å²) in [6.45, 7) is 4.68. The van der Waals surface area contributed by atoms with E-state index in [-0.39, 0.29) is 31.2 Å². The van der Waals surface area contributed by atoms with Crippen molar-refractivity contribution in [3.8, 4) is 0 Å². The molecule has 1 N–H and O–H groups in total. The first-order valence-electron chi connectivity index (χ1n) is 6.72. The number of benzene rings is 1. The summed E-state index contributed by atoms with van der Waals surface area (Å²) in [5.41, 5.74) is 2.37. The quantitative estimate of drug-likeness (QED) is 0.250. The fraction of sp³-hybridized carbons (Fsp3) is 0.533. The van der Waals surface area contributed by atoms with Crippen LogP contribution in [-0.2, 0) is 34.8 Å². The molecule has 1 rings (SSSR count). The van der Waals surface area contributed by atoms with Crippen LogP contribution in [0.4, 0.5) is 0 Å². The van der Waals surface area contributed by atoms with Gasteiger partial charge in [-0.1, -0.05) is 43.2 Å². The summed E-state index contributed by atoms with van der Waals surface area (Å²) in [5, 5.41) is 9.27. The SMILES string of the molecule is CCCCOOC=NC(CO)Cc1ccc(C)cc1.[V]. The van der Waals surface area contributed by atoms with Crippen molar-refractivity contribution in [3.05, 3.63) is 35.4 Å². The van der Waals surface area contributed by atoms with E-state index < -0.39 is 0 Å². The molecule has 0 aromatic heterocycles. The maximum Gasteiger partial charge on any atom is 0.215 e. The zero-order valence-corrected chi connectivity index (χ0v) is 13.6. The molecule has 0 aliphatic heterocycles. The minimum Gasteiger partial charge on any atom is -0.394 e. The molecule has 0 amide bonds. The van der Waals surface area contributed by atoms with Crippen LogP contribution < -0.4 is 0 Å². The van der Waals surface area contributed by atoms with Gasteiger partial charge in [0.15, 0.2) is 0 Å². The van der Waals surface area contributed by atoms with Gasteiger partial charge in [0.05, 0.1) is 19.3 Å². The summed E-state index contributed by atoms with van der Waals surface area (Å²) >= 11 is 0. The molecule has 5 heteroatoms. The minimum atomic E-state index is -0.197. The van der Waals surface area contributed by atoms with E-state index in [1.807, 2.05) is 19.1 Å². The first-order valence-corrected chi connectivity index (χ1v) is 6.72. The Bertz CT molecular complexity index is 368. The monoisotopic (exact) mass is 316 g/mol. The van der Waals surface area contributed by atoms with Crippen molar-refractivity contribution in [2.75, 3.05) is 13.2 Å². The molecule has 1 unspecified atom stereocenters. The number of rotatable bonds is 9. The second kappa shape index (κ2) is 12.0. The summed E-state index contributed by atoms with van der Waals surface area (Å²) in [7, 11) is 0. The van der Waals surface area contributed by atoms with Gasteiger partial charge >= 0.3 is 0 Å². The molecule has 1 aromatic carbocycles. The molecule has 0 saturated carbocycles. The molecule has 0 aliphatic rings. The van der Waals surface area contributed by atoms with E-state index in [9.17, 15) is 5.11 Å². The topological polar surface area (TPSA) is 51.0 Å². The first-order chi connectivity index (χ1) is 9.26. The number of hydrogen-bond acceptors (Lipinski definition) is 4. The fourth-order valence-electron chi connectivity index (χ4n) is 1.55. The predicted molar refractivity (Wildman–Crippen MR) is 76.2 cm³/mol. The smallest absolute Gasteiger partial charge is 0.215 e. The van der Waals surface area contributed by atoms with E-state index in [1.54, 1.807) is 0 Å². The Balaban J connectivity index is 0.00000361. The van der Waals surface area contributed by atoms with Crippen LogP contribution in [0.3, 0.4) is 0 Å². The summed E-state index contributed by atoms with van der Waals surface area (Å²) < 4.78 is 0. The van der Waals surface area contributed by atoms with Crippen LogP contribution >= 0.6 is 0 Å². The van der Waals surface area contributed by atoms with Crippen molar-refractivity contribution in [1.82, 2.24) is 0 Å². The van der Waals surface area contributed by atoms with Gasteiger partial charge in [-0.25, -0.2) is 4.99 Å². The molecule has 111 valence electrons.